The van der Waals surface area contributed by atoms with Crippen molar-refractivity contribution in [3.05, 3.63) is 48.4 Å². The van der Waals surface area contributed by atoms with Gasteiger partial charge in [0, 0.05) is 0 Å². The smallest absolute Gasteiger partial charge is 0.212 e. The SMILES string of the molecule is COc1cccc(-c2ccc3oc(C4CCCN4)nc3c2)c1. The molecule has 0 spiro atoms. The molecule has 1 atom stereocenters. The number of rotatable bonds is 3. The molecule has 4 nitrogen and oxygen atoms in total. The molecule has 0 saturated carbocycles. The standard InChI is InChI=1S/C18H18N2O2/c1-21-14-5-2-4-12(10-14)13-7-8-17-16(11-13)20-18(22-17)15-6-3-9-19-15/h2,4-5,7-8,10-11,15,19H,3,6,9H2,1H3. The van der Waals surface area contributed by atoms with Crippen molar-refractivity contribution in [1.29, 1.82) is 0 Å². The van der Waals surface area contributed by atoms with Gasteiger partial charge in [-0.2, -0.15) is 0 Å². The molecule has 0 aliphatic carbocycles. The van der Waals surface area contributed by atoms with Gasteiger partial charge < -0.3 is 14.5 Å². The Morgan fingerprint density at radius 3 is 2.91 bits per heavy atom. The molecule has 112 valence electrons. The average Bonchev–Trinajstić information content (AvgIpc) is 3.23. The summed E-state index contributed by atoms with van der Waals surface area (Å²) in [6.07, 6.45) is 2.27. The van der Waals surface area contributed by atoms with E-state index in [-0.39, 0.29) is 6.04 Å². The van der Waals surface area contributed by atoms with Crippen molar-refractivity contribution in [2.45, 2.75) is 18.9 Å². The van der Waals surface area contributed by atoms with Crippen molar-refractivity contribution in [3.8, 4) is 16.9 Å². The number of fused-ring (bicyclic) bond motifs is 1. The van der Waals surface area contributed by atoms with E-state index in [1.54, 1.807) is 7.11 Å². The largest absolute Gasteiger partial charge is 0.497 e. The van der Waals surface area contributed by atoms with E-state index >= 15 is 0 Å². The zero-order valence-corrected chi connectivity index (χ0v) is 12.5. The van der Waals surface area contributed by atoms with Crippen LogP contribution in [0.2, 0.25) is 0 Å². The fourth-order valence-electron chi connectivity index (χ4n) is 2.97. The van der Waals surface area contributed by atoms with Crippen LogP contribution in [-0.2, 0) is 0 Å². The van der Waals surface area contributed by atoms with E-state index in [9.17, 15) is 0 Å². The molecule has 4 rings (SSSR count). The van der Waals surface area contributed by atoms with E-state index in [1.165, 1.54) is 6.42 Å². The van der Waals surface area contributed by atoms with Gasteiger partial charge in [0.1, 0.15) is 11.3 Å². The van der Waals surface area contributed by atoms with Crippen LogP contribution in [0.25, 0.3) is 22.2 Å². The number of nitrogens with one attached hydrogen (secondary N) is 1. The van der Waals surface area contributed by atoms with Crippen molar-refractivity contribution in [1.82, 2.24) is 10.3 Å². The van der Waals surface area contributed by atoms with Gasteiger partial charge in [0.05, 0.1) is 13.2 Å². The summed E-state index contributed by atoms with van der Waals surface area (Å²) >= 11 is 0. The highest BCUT2D eigenvalue weighted by Crippen LogP contribution is 2.30. The predicted molar refractivity (Wildman–Crippen MR) is 86.0 cm³/mol. The Labute approximate surface area is 129 Å². The molecule has 0 amide bonds. The predicted octanol–water partition coefficient (Wildman–Crippen LogP) is 3.93. The summed E-state index contributed by atoms with van der Waals surface area (Å²) in [5, 5.41) is 3.42. The first-order valence-electron chi connectivity index (χ1n) is 7.62. The number of ether oxygens (including phenoxy) is 1. The van der Waals surface area contributed by atoms with Crippen molar-refractivity contribution in [2.75, 3.05) is 13.7 Å². The lowest BCUT2D eigenvalue weighted by atomic mass is 10.1. The summed E-state index contributed by atoms with van der Waals surface area (Å²) in [7, 11) is 1.68. The van der Waals surface area contributed by atoms with Crippen LogP contribution in [0.1, 0.15) is 24.8 Å². The van der Waals surface area contributed by atoms with Crippen molar-refractivity contribution in [3.63, 3.8) is 0 Å². The van der Waals surface area contributed by atoms with Gasteiger partial charge in [-0.15, -0.1) is 0 Å². The lowest BCUT2D eigenvalue weighted by Crippen LogP contribution is -2.12. The van der Waals surface area contributed by atoms with Crippen LogP contribution in [0.3, 0.4) is 0 Å². The van der Waals surface area contributed by atoms with Crippen LogP contribution in [-0.4, -0.2) is 18.6 Å². The fraction of sp³-hybridized carbons (Fsp3) is 0.278. The molecule has 1 N–H and O–H groups in total. The highest BCUT2D eigenvalue weighted by atomic mass is 16.5. The Kier molecular flexibility index (Phi) is 3.31. The number of methoxy groups -OCH3 is 1. The van der Waals surface area contributed by atoms with Gasteiger partial charge in [-0.05, 0) is 54.8 Å². The zero-order valence-electron chi connectivity index (χ0n) is 12.5. The molecule has 1 aliphatic rings. The Balaban J connectivity index is 1.73. The van der Waals surface area contributed by atoms with E-state index in [0.717, 1.165) is 46.8 Å². The highest BCUT2D eigenvalue weighted by molar-refractivity contribution is 5.80. The molecule has 1 aromatic heterocycles. The number of hydrogen-bond donors (Lipinski definition) is 1. The molecular formula is C18H18N2O2. The van der Waals surface area contributed by atoms with Crippen molar-refractivity contribution < 1.29 is 9.15 Å². The van der Waals surface area contributed by atoms with E-state index in [0.29, 0.717) is 0 Å². The van der Waals surface area contributed by atoms with E-state index < -0.39 is 0 Å². The minimum Gasteiger partial charge on any atom is -0.497 e. The minimum atomic E-state index is 0.257. The summed E-state index contributed by atoms with van der Waals surface area (Å²) in [6.45, 7) is 1.04. The first kappa shape index (κ1) is 13.3. The quantitative estimate of drug-likeness (QED) is 0.795. The summed E-state index contributed by atoms with van der Waals surface area (Å²) in [4.78, 5) is 4.66. The Bertz CT molecular complexity index is 804. The van der Waals surface area contributed by atoms with E-state index in [2.05, 4.69) is 28.5 Å². The lowest BCUT2D eigenvalue weighted by Gasteiger charge is -2.04. The van der Waals surface area contributed by atoms with E-state index in [4.69, 9.17) is 9.15 Å². The lowest BCUT2D eigenvalue weighted by molar-refractivity contribution is 0.415. The molecule has 1 fully saturated rings. The zero-order chi connectivity index (χ0) is 14.9. The second kappa shape index (κ2) is 5.46. The number of aromatic nitrogens is 1. The molecule has 0 radical (unpaired) electrons. The monoisotopic (exact) mass is 294 g/mol. The minimum absolute atomic E-state index is 0.257. The van der Waals surface area contributed by atoms with Gasteiger partial charge in [0.25, 0.3) is 0 Å². The molecule has 1 saturated heterocycles. The van der Waals surface area contributed by atoms with Gasteiger partial charge in [-0.1, -0.05) is 18.2 Å². The third-order valence-electron chi connectivity index (χ3n) is 4.17. The van der Waals surface area contributed by atoms with Crippen LogP contribution >= 0.6 is 0 Å². The van der Waals surface area contributed by atoms with Gasteiger partial charge in [0.2, 0.25) is 5.89 Å². The first-order valence-corrected chi connectivity index (χ1v) is 7.62. The number of hydrogen-bond acceptors (Lipinski definition) is 4. The van der Waals surface area contributed by atoms with E-state index in [1.807, 2.05) is 24.3 Å². The van der Waals surface area contributed by atoms with Crippen LogP contribution in [0.15, 0.2) is 46.9 Å². The molecule has 2 aromatic carbocycles. The summed E-state index contributed by atoms with van der Waals surface area (Å²) in [5.41, 5.74) is 3.98. The molecule has 0 bridgehead atoms. The summed E-state index contributed by atoms with van der Waals surface area (Å²) in [6, 6.07) is 14.4. The fourth-order valence-corrected chi connectivity index (χ4v) is 2.97. The summed E-state index contributed by atoms with van der Waals surface area (Å²) < 4.78 is 11.2. The second-order valence-corrected chi connectivity index (χ2v) is 5.62. The molecule has 3 aromatic rings. The number of benzene rings is 2. The van der Waals surface area contributed by atoms with Crippen LogP contribution in [0.4, 0.5) is 0 Å². The van der Waals surface area contributed by atoms with Crippen LogP contribution in [0, 0.1) is 0 Å². The Morgan fingerprint density at radius 2 is 2.09 bits per heavy atom. The van der Waals surface area contributed by atoms with Crippen LogP contribution < -0.4 is 10.1 Å². The maximum Gasteiger partial charge on any atom is 0.212 e. The molecule has 22 heavy (non-hydrogen) atoms. The summed E-state index contributed by atoms with van der Waals surface area (Å²) in [5.74, 6) is 1.66. The van der Waals surface area contributed by atoms with Crippen molar-refractivity contribution in [2.24, 2.45) is 0 Å². The third-order valence-corrected chi connectivity index (χ3v) is 4.17. The van der Waals surface area contributed by atoms with Gasteiger partial charge in [0.15, 0.2) is 5.58 Å². The van der Waals surface area contributed by atoms with Gasteiger partial charge in [-0.3, -0.25) is 0 Å². The molecule has 4 heteroatoms. The number of oxazole rings is 1. The van der Waals surface area contributed by atoms with Crippen LogP contribution in [0.5, 0.6) is 5.75 Å². The van der Waals surface area contributed by atoms with Gasteiger partial charge >= 0.3 is 0 Å². The molecule has 1 aliphatic heterocycles. The normalized spacial score (nSPS) is 18.0. The average molecular weight is 294 g/mol. The third kappa shape index (κ3) is 2.35. The maximum absolute atomic E-state index is 5.89. The Hall–Kier alpha value is -2.33. The molecule has 1 unspecified atom stereocenters. The topological polar surface area (TPSA) is 47.3 Å². The second-order valence-electron chi connectivity index (χ2n) is 5.62. The molecular weight excluding hydrogens is 276 g/mol. The Morgan fingerprint density at radius 1 is 1.18 bits per heavy atom. The first-order chi connectivity index (χ1) is 10.8. The van der Waals surface area contributed by atoms with Gasteiger partial charge in [-0.25, -0.2) is 4.98 Å². The maximum atomic E-state index is 5.89. The highest BCUT2D eigenvalue weighted by Gasteiger charge is 2.21. The van der Waals surface area contributed by atoms with Crippen molar-refractivity contribution >= 4 is 11.1 Å². The molecule has 2 heterocycles. The number of nitrogens with zero attached hydrogens (tertiary/aromatic N) is 1.